The van der Waals surface area contributed by atoms with Crippen molar-refractivity contribution in [2.24, 2.45) is 11.7 Å². The van der Waals surface area contributed by atoms with Crippen LogP contribution in [0.2, 0.25) is 0 Å². The predicted octanol–water partition coefficient (Wildman–Crippen LogP) is 4.29. The first-order valence-electron chi connectivity index (χ1n) is 29.7. The number of piperazine rings is 1. The van der Waals surface area contributed by atoms with Gasteiger partial charge < -0.3 is 61.5 Å². The van der Waals surface area contributed by atoms with E-state index < -0.39 is 5.91 Å². The molecule has 0 spiro atoms. The molecule has 5 aliphatic rings. The van der Waals surface area contributed by atoms with Crippen LogP contribution in [0, 0.1) is 5.92 Å². The minimum atomic E-state index is -0.530. The van der Waals surface area contributed by atoms with Gasteiger partial charge in [0.15, 0.2) is 0 Å². The fourth-order valence-corrected chi connectivity index (χ4v) is 12.8. The third-order valence-corrected chi connectivity index (χ3v) is 17.3. The maximum absolute atomic E-state index is 13.3. The Balaban J connectivity index is 0.576. The maximum Gasteiger partial charge on any atom is 0.315 e. The number of nitrogens with one attached hydrogen (secondary N) is 6. The highest BCUT2D eigenvalue weighted by molar-refractivity contribution is 8.00. The van der Waals surface area contributed by atoms with Crippen LogP contribution in [-0.2, 0) is 33.4 Å². The van der Waals surface area contributed by atoms with Gasteiger partial charge in [-0.15, -0.1) is 0 Å². The highest BCUT2D eigenvalue weighted by Gasteiger charge is 2.42. The molecule has 8 rings (SSSR count). The Bertz CT molecular complexity index is 2540. The summed E-state index contributed by atoms with van der Waals surface area (Å²) in [6, 6.07) is 17.5. The molecule has 0 saturated carbocycles. The lowest BCUT2D eigenvalue weighted by molar-refractivity contribution is -0.127. The summed E-state index contributed by atoms with van der Waals surface area (Å²) in [4.78, 5) is 81.2. The van der Waals surface area contributed by atoms with Crippen molar-refractivity contribution >= 4 is 53.1 Å². The third-order valence-electron chi connectivity index (χ3n) is 15.8. The summed E-state index contributed by atoms with van der Waals surface area (Å²) in [6.45, 7) is 11.5. The van der Waals surface area contributed by atoms with Gasteiger partial charge in [0.2, 0.25) is 23.6 Å². The molecule has 4 fully saturated rings. The molecule has 0 radical (unpaired) electrons. The number of likely N-dealkylation sites (tertiary alicyclic amines) is 1. The van der Waals surface area contributed by atoms with Crippen molar-refractivity contribution in [1.29, 1.82) is 0 Å². The molecule has 1 unspecified atom stereocenters. The number of nitrogens with two attached hydrogens (primary N) is 1. The predicted molar refractivity (Wildman–Crippen MR) is 315 cm³/mol. The van der Waals surface area contributed by atoms with Gasteiger partial charge in [0.1, 0.15) is 28.6 Å². The normalized spacial score (nSPS) is 20.1. The summed E-state index contributed by atoms with van der Waals surface area (Å²) in [6.07, 6.45) is 12.0. The molecule has 4 saturated heterocycles. The van der Waals surface area contributed by atoms with E-state index in [2.05, 4.69) is 41.7 Å². The Labute approximate surface area is 486 Å². The van der Waals surface area contributed by atoms with Crippen molar-refractivity contribution in [3.8, 4) is 22.8 Å². The summed E-state index contributed by atoms with van der Waals surface area (Å²) < 4.78 is 24.7. The number of urea groups is 1. The largest absolute Gasteiger partial charge is 0.457 e. The molecule has 448 valence electrons. The number of carbonyl (C=O) groups is 6. The molecule has 23 heteroatoms. The zero-order chi connectivity index (χ0) is 57.3. The number of hydrogen-bond donors (Lipinski definition) is 7. The first-order valence-corrected chi connectivity index (χ1v) is 30.7. The number of para-hydroxylation sites is 1. The van der Waals surface area contributed by atoms with Crippen LogP contribution >= 0.6 is 11.8 Å². The molecular formula is C59H86N12O10S. The number of aromatic nitrogens is 2. The van der Waals surface area contributed by atoms with Crippen molar-refractivity contribution in [2.45, 2.75) is 100 Å². The molecule has 7 amide bonds. The highest BCUT2D eigenvalue weighted by Crippen LogP contribution is 2.40. The zero-order valence-electron chi connectivity index (χ0n) is 47.5. The zero-order valence-corrected chi connectivity index (χ0v) is 48.3. The summed E-state index contributed by atoms with van der Waals surface area (Å²) in [5.74, 6) is 2.75. The number of ether oxygens (including phenoxy) is 4. The second-order valence-corrected chi connectivity index (χ2v) is 22.9. The van der Waals surface area contributed by atoms with Gasteiger partial charge >= 0.3 is 6.03 Å². The van der Waals surface area contributed by atoms with Crippen LogP contribution in [0.1, 0.15) is 93.4 Å². The Morgan fingerprint density at radius 3 is 1.99 bits per heavy atom. The summed E-state index contributed by atoms with van der Waals surface area (Å²) >= 11 is 1.90. The van der Waals surface area contributed by atoms with E-state index in [-0.39, 0.29) is 47.8 Å². The number of fused-ring (bicyclic) bond motifs is 2. The number of thioether (sulfide) groups is 1. The molecule has 82 heavy (non-hydrogen) atoms. The second-order valence-electron chi connectivity index (χ2n) is 21.6. The molecule has 0 aliphatic carbocycles. The van der Waals surface area contributed by atoms with Gasteiger partial charge in [-0.05, 0) is 93.7 Å². The van der Waals surface area contributed by atoms with Gasteiger partial charge in [0.05, 0.1) is 44.6 Å². The number of anilines is 1. The number of benzene rings is 2. The number of primary amides is 1. The molecule has 8 N–H and O–H groups in total. The van der Waals surface area contributed by atoms with Gasteiger partial charge in [-0.1, -0.05) is 30.7 Å². The number of carbonyl (C=O) groups excluding carboxylic acids is 6. The molecule has 0 bridgehead atoms. The molecule has 4 atom stereocenters. The first kappa shape index (κ1) is 61.8. The summed E-state index contributed by atoms with van der Waals surface area (Å²) in [7, 11) is 0. The Hall–Kier alpha value is -6.24. The SMILES string of the molecule is NC(=O)c1c(-c2ccc(Oc3ccccc3)cc2)nn2c1NCC[C@H]2C1CCN(C(=O)/C=C/CN2CCN(CCNC(=O)CCCC(=O)NCCCOCCOCCOCCCNC(=O)CCCCC3SC[C@H]4NC(=O)N[C@@H]34)CC2)CC1. The Morgan fingerprint density at radius 1 is 0.695 bits per heavy atom. The molecule has 3 aromatic rings. The highest BCUT2D eigenvalue weighted by atomic mass is 32.2. The van der Waals surface area contributed by atoms with Crippen LogP contribution in [0.3, 0.4) is 0 Å². The van der Waals surface area contributed by atoms with Crippen LogP contribution < -0.4 is 42.4 Å². The minimum absolute atomic E-state index is 0.0284. The minimum Gasteiger partial charge on any atom is -0.457 e. The second kappa shape index (κ2) is 33.2. The first-order chi connectivity index (χ1) is 40.1. The van der Waals surface area contributed by atoms with E-state index in [1.807, 2.05) is 82.0 Å². The van der Waals surface area contributed by atoms with Gasteiger partial charge in [0.25, 0.3) is 5.91 Å². The van der Waals surface area contributed by atoms with Gasteiger partial charge in [-0.3, -0.25) is 33.8 Å². The summed E-state index contributed by atoms with van der Waals surface area (Å²) in [5.41, 5.74) is 7.68. The van der Waals surface area contributed by atoms with E-state index in [0.717, 1.165) is 94.7 Å². The molecule has 2 aromatic carbocycles. The van der Waals surface area contributed by atoms with Crippen LogP contribution in [0.4, 0.5) is 10.6 Å². The van der Waals surface area contributed by atoms with Crippen LogP contribution in [-0.4, -0.2) is 201 Å². The van der Waals surface area contributed by atoms with Crippen molar-refractivity contribution in [3.05, 3.63) is 72.3 Å². The average Bonchev–Trinajstić information content (AvgIpc) is 3.83. The standard InChI is InChI=1S/C59H86N12O10S/c60-57(76)54-55(44-17-19-46(20-18-44)81-45-10-2-1-3-11-45)67-71-48(21-26-64-58(54)71)43-22-29-70(30-23-43)53(75)16-7-28-68-32-34-69(35-33-68)31-27-63-52(74)15-6-14-51(73)62-25-9-37-79-39-41-80-40-38-78-36-8-24-61-50(72)13-5-4-12-49-56-47(42-82-49)65-59(77)66-56/h1-3,7,10-11,16-20,43,47-49,56,64H,4-6,8-9,12-15,21-42H2,(H2,60,76)(H,61,72)(H,62,73)(H,63,74)(H2,65,66,77)/b16-7+/t47-,48+,49?,56-/m1/s1. The topological polar surface area (TPSA) is 265 Å². The smallest absolute Gasteiger partial charge is 0.315 e. The number of rotatable bonds is 34. The van der Waals surface area contributed by atoms with Crippen molar-refractivity contribution < 1.29 is 47.7 Å². The van der Waals surface area contributed by atoms with E-state index in [4.69, 9.17) is 29.8 Å². The van der Waals surface area contributed by atoms with Gasteiger partial charge in [-0.25, -0.2) is 9.48 Å². The average molecular weight is 1160 g/mol. The Kier molecular flexibility index (Phi) is 25.0. The van der Waals surface area contributed by atoms with Crippen LogP contribution in [0.15, 0.2) is 66.7 Å². The molecule has 6 heterocycles. The third kappa shape index (κ3) is 19.4. The molecular weight excluding hydrogens is 1070 g/mol. The lowest BCUT2D eigenvalue weighted by Gasteiger charge is -2.38. The molecule has 5 aliphatic heterocycles. The van der Waals surface area contributed by atoms with E-state index in [1.54, 1.807) is 6.08 Å². The van der Waals surface area contributed by atoms with E-state index >= 15 is 0 Å². The molecule has 1 aromatic heterocycles. The number of amides is 7. The van der Waals surface area contributed by atoms with E-state index in [9.17, 15) is 28.8 Å². The van der Waals surface area contributed by atoms with Gasteiger partial charge in [0, 0.05) is 134 Å². The van der Waals surface area contributed by atoms with Crippen molar-refractivity contribution in [3.63, 3.8) is 0 Å². The quantitative estimate of drug-likeness (QED) is 0.0250. The summed E-state index contributed by atoms with van der Waals surface area (Å²) in [5, 5.41) is 23.6. The number of unbranched alkanes of at least 4 members (excludes halogenated alkanes) is 1. The van der Waals surface area contributed by atoms with E-state index in [0.29, 0.717) is 152 Å². The lowest BCUT2D eigenvalue weighted by atomic mass is 9.87. The fourth-order valence-electron chi connectivity index (χ4n) is 11.2. The van der Waals surface area contributed by atoms with Crippen molar-refractivity contribution in [2.75, 3.05) is 129 Å². The lowest BCUT2D eigenvalue weighted by Crippen LogP contribution is -2.48. The Morgan fingerprint density at radius 2 is 1.32 bits per heavy atom. The number of piperidine rings is 1. The van der Waals surface area contributed by atoms with Gasteiger partial charge in [-0.2, -0.15) is 16.9 Å². The number of hydrogen-bond acceptors (Lipinski definition) is 15. The molecule has 22 nitrogen and oxygen atoms in total. The van der Waals surface area contributed by atoms with Crippen LogP contribution in [0.5, 0.6) is 11.5 Å². The monoisotopic (exact) mass is 1150 g/mol. The van der Waals surface area contributed by atoms with Crippen LogP contribution in [0.25, 0.3) is 11.3 Å². The fraction of sp³-hybridized carbons (Fsp3) is 0.610. The van der Waals surface area contributed by atoms with Crippen molar-refractivity contribution in [1.82, 2.24) is 51.1 Å². The number of nitrogens with zero attached hydrogens (tertiary/aromatic N) is 5. The van der Waals surface area contributed by atoms with E-state index in [1.165, 1.54) is 0 Å². The maximum atomic E-state index is 13.3.